The second-order valence-corrected chi connectivity index (χ2v) is 9.92. The van der Waals surface area contributed by atoms with Crippen molar-refractivity contribution in [3.63, 3.8) is 0 Å². The molecule has 2 N–H and O–H groups in total. The first-order chi connectivity index (χ1) is 16.1. The molecule has 1 aliphatic heterocycles. The predicted molar refractivity (Wildman–Crippen MR) is 125 cm³/mol. The third-order valence-electron chi connectivity index (χ3n) is 6.11. The fourth-order valence-corrected chi connectivity index (χ4v) is 4.81. The molecule has 0 radical (unpaired) electrons. The normalized spacial score (nSPS) is 15.0. The van der Waals surface area contributed by atoms with Gasteiger partial charge in [0.25, 0.3) is 5.91 Å². The van der Waals surface area contributed by atoms with E-state index < -0.39 is 10.0 Å². The Morgan fingerprint density at radius 1 is 0.853 bits per heavy atom. The van der Waals surface area contributed by atoms with E-state index in [1.165, 1.54) is 36.4 Å². The lowest BCUT2D eigenvalue weighted by molar-refractivity contribution is 0.0596. The Balaban J connectivity index is 1.56. The first-order valence-electron chi connectivity index (χ1n) is 10.8. The molecule has 0 saturated carbocycles. The molecule has 0 atom stereocenters. The van der Waals surface area contributed by atoms with Gasteiger partial charge in [0.15, 0.2) is 0 Å². The number of benzene rings is 3. The summed E-state index contributed by atoms with van der Waals surface area (Å²) in [5.41, 5.74) is 2.69. The van der Waals surface area contributed by atoms with Crippen molar-refractivity contribution in [1.29, 1.82) is 0 Å². The molecule has 1 fully saturated rings. The van der Waals surface area contributed by atoms with Crippen LogP contribution in [-0.2, 0) is 10.0 Å². The topological polar surface area (TPSA) is 83.7 Å². The van der Waals surface area contributed by atoms with Gasteiger partial charge in [-0.1, -0.05) is 30.3 Å². The van der Waals surface area contributed by atoms with Crippen LogP contribution < -0.4 is 5.14 Å². The highest BCUT2D eigenvalue weighted by Crippen LogP contribution is 2.30. The summed E-state index contributed by atoms with van der Waals surface area (Å²) < 4.78 is 50.5. The molecule has 1 amide bonds. The molecule has 0 aliphatic carbocycles. The summed E-state index contributed by atoms with van der Waals surface area (Å²) in [6, 6.07) is 16.5. The van der Waals surface area contributed by atoms with Crippen molar-refractivity contribution in [1.82, 2.24) is 9.80 Å². The number of primary sulfonamides is 1. The number of carbonyl (C=O) groups is 1. The molecule has 3 aromatic rings. The Labute approximate surface area is 197 Å². The van der Waals surface area contributed by atoms with Crippen molar-refractivity contribution in [3.8, 4) is 0 Å². The lowest BCUT2D eigenvalue weighted by Gasteiger charge is -2.40. The standard InChI is InChI=1S/C25H25F2N3O3S/c1-17-2-11-22(34(28,32)33)16-23(17)25(31)30-14-12-29(13-15-30)24(18-3-7-20(26)8-4-18)19-5-9-21(27)10-6-19/h2-11,16,24H,12-15H2,1H3,(H2,28,32,33). The first kappa shape index (κ1) is 24.0. The van der Waals surface area contributed by atoms with E-state index in [4.69, 9.17) is 5.14 Å². The summed E-state index contributed by atoms with van der Waals surface area (Å²) >= 11 is 0. The van der Waals surface area contributed by atoms with E-state index in [9.17, 15) is 22.0 Å². The molecular weight excluding hydrogens is 460 g/mol. The first-order valence-corrected chi connectivity index (χ1v) is 12.4. The molecular formula is C25H25F2N3O3S. The molecule has 0 aromatic heterocycles. The van der Waals surface area contributed by atoms with Gasteiger partial charge in [0.05, 0.1) is 10.9 Å². The highest BCUT2D eigenvalue weighted by molar-refractivity contribution is 7.89. The van der Waals surface area contributed by atoms with Crippen LogP contribution in [0.3, 0.4) is 0 Å². The smallest absolute Gasteiger partial charge is 0.254 e. The molecule has 0 spiro atoms. The van der Waals surface area contributed by atoms with Crippen LogP contribution in [0.2, 0.25) is 0 Å². The van der Waals surface area contributed by atoms with Gasteiger partial charge in [-0.3, -0.25) is 9.69 Å². The minimum Gasteiger partial charge on any atom is -0.336 e. The zero-order valence-corrected chi connectivity index (χ0v) is 19.4. The van der Waals surface area contributed by atoms with Gasteiger partial charge >= 0.3 is 0 Å². The molecule has 1 saturated heterocycles. The molecule has 0 unspecified atom stereocenters. The number of carbonyl (C=O) groups excluding carboxylic acids is 1. The number of rotatable bonds is 5. The molecule has 34 heavy (non-hydrogen) atoms. The Bertz CT molecular complexity index is 1240. The summed E-state index contributed by atoms with van der Waals surface area (Å²) in [5.74, 6) is -0.939. The van der Waals surface area contributed by atoms with Gasteiger partial charge in [-0.2, -0.15) is 0 Å². The molecule has 3 aromatic carbocycles. The minimum absolute atomic E-state index is 0.104. The number of hydrogen-bond acceptors (Lipinski definition) is 4. The fourth-order valence-electron chi connectivity index (χ4n) is 4.27. The van der Waals surface area contributed by atoms with Gasteiger partial charge < -0.3 is 4.90 Å². The summed E-state index contributed by atoms with van der Waals surface area (Å²) in [4.78, 5) is 16.9. The predicted octanol–water partition coefficient (Wildman–Crippen LogP) is 3.47. The third-order valence-corrected chi connectivity index (χ3v) is 7.02. The van der Waals surface area contributed by atoms with Crippen molar-refractivity contribution in [3.05, 3.63) is 101 Å². The molecule has 178 valence electrons. The van der Waals surface area contributed by atoms with E-state index in [1.807, 2.05) is 0 Å². The van der Waals surface area contributed by atoms with Crippen molar-refractivity contribution < 1.29 is 22.0 Å². The second kappa shape index (κ2) is 9.61. The number of sulfonamides is 1. The van der Waals surface area contributed by atoms with Gasteiger partial charge in [0, 0.05) is 31.7 Å². The third kappa shape index (κ3) is 5.16. The number of halogens is 2. The van der Waals surface area contributed by atoms with Crippen LogP contribution in [0.15, 0.2) is 71.6 Å². The average Bonchev–Trinajstić information content (AvgIpc) is 2.81. The van der Waals surface area contributed by atoms with Crippen LogP contribution in [0, 0.1) is 18.6 Å². The van der Waals surface area contributed by atoms with Crippen LogP contribution >= 0.6 is 0 Å². The molecule has 9 heteroatoms. The monoisotopic (exact) mass is 485 g/mol. The van der Waals surface area contributed by atoms with Crippen LogP contribution in [0.1, 0.15) is 33.1 Å². The van der Waals surface area contributed by atoms with Gasteiger partial charge in [-0.25, -0.2) is 22.3 Å². The van der Waals surface area contributed by atoms with E-state index >= 15 is 0 Å². The van der Waals surface area contributed by atoms with Crippen molar-refractivity contribution in [2.45, 2.75) is 17.9 Å². The maximum Gasteiger partial charge on any atom is 0.254 e. The Kier molecular flexibility index (Phi) is 6.79. The summed E-state index contributed by atoms with van der Waals surface area (Å²) in [7, 11) is -3.93. The second-order valence-electron chi connectivity index (χ2n) is 8.36. The molecule has 6 nitrogen and oxygen atoms in total. The van der Waals surface area contributed by atoms with Gasteiger partial charge in [-0.05, 0) is 60.0 Å². The highest BCUT2D eigenvalue weighted by atomic mass is 32.2. The van der Waals surface area contributed by atoms with E-state index in [2.05, 4.69) is 4.90 Å². The SMILES string of the molecule is Cc1ccc(S(N)(=O)=O)cc1C(=O)N1CCN(C(c2ccc(F)cc2)c2ccc(F)cc2)CC1. The number of nitrogens with two attached hydrogens (primary N) is 1. The zero-order valence-electron chi connectivity index (χ0n) is 18.6. The highest BCUT2D eigenvalue weighted by Gasteiger charge is 2.29. The lowest BCUT2D eigenvalue weighted by atomic mass is 9.96. The quantitative estimate of drug-likeness (QED) is 0.600. The number of hydrogen-bond donors (Lipinski definition) is 1. The molecule has 1 aliphatic rings. The van der Waals surface area contributed by atoms with Gasteiger partial charge in [-0.15, -0.1) is 0 Å². The Morgan fingerprint density at radius 3 is 1.82 bits per heavy atom. The van der Waals surface area contributed by atoms with Crippen molar-refractivity contribution in [2.75, 3.05) is 26.2 Å². The lowest BCUT2D eigenvalue weighted by Crippen LogP contribution is -2.50. The number of piperazine rings is 1. The van der Waals surface area contributed by atoms with Crippen molar-refractivity contribution >= 4 is 15.9 Å². The van der Waals surface area contributed by atoms with Crippen molar-refractivity contribution in [2.24, 2.45) is 5.14 Å². The number of nitrogens with zero attached hydrogens (tertiary/aromatic N) is 2. The summed E-state index contributed by atoms with van der Waals surface area (Å²) in [6.45, 7) is 3.63. The van der Waals surface area contributed by atoms with E-state index in [0.29, 0.717) is 37.3 Å². The molecule has 1 heterocycles. The summed E-state index contributed by atoms with van der Waals surface area (Å²) in [6.07, 6.45) is 0. The van der Waals surface area contributed by atoms with E-state index in [-0.39, 0.29) is 28.5 Å². The maximum absolute atomic E-state index is 13.5. The molecule has 4 rings (SSSR count). The van der Waals surface area contributed by atoms with Crippen LogP contribution in [-0.4, -0.2) is 50.3 Å². The van der Waals surface area contributed by atoms with Gasteiger partial charge in [0.2, 0.25) is 10.0 Å². The van der Waals surface area contributed by atoms with Crippen LogP contribution in [0.4, 0.5) is 8.78 Å². The average molecular weight is 486 g/mol. The Morgan fingerprint density at radius 2 is 1.35 bits per heavy atom. The van der Waals surface area contributed by atoms with Gasteiger partial charge in [0.1, 0.15) is 11.6 Å². The Hall–Kier alpha value is -3.14. The summed E-state index contributed by atoms with van der Waals surface area (Å²) in [5, 5.41) is 5.23. The largest absolute Gasteiger partial charge is 0.336 e. The maximum atomic E-state index is 13.5. The zero-order chi connectivity index (χ0) is 24.5. The fraction of sp³-hybridized carbons (Fsp3) is 0.240. The number of aryl methyl sites for hydroxylation is 1. The van der Waals surface area contributed by atoms with Crippen LogP contribution in [0.25, 0.3) is 0 Å². The molecule has 0 bridgehead atoms. The van der Waals surface area contributed by atoms with Crippen LogP contribution in [0.5, 0.6) is 0 Å². The van der Waals surface area contributed by atoms with E-state index in [0.717, 1.165) is 11.1 Å². The van der Waals surface area contributed by atoms with E-state index in [1.54, 1.807) is 42.2 Å². The number of amides is 1. The minimum atomic E-state index is -3.93.